The summed E-state index contributed by atoms with van der Waals surface area (Å²) in [6.45, 7) is 13.2. The van der Waals surface area contributed by atoms with Crippen molar-refractivity contribution in [3.8, 4) is 0 Å². The van der Waals surface area contributed by atoms with E-state index in [-0.39, 0.29) is 17.7 Å². The van der Waals surface area contributed by atoms with Crippen molar-refractivity contribution >= 4 is 11.8 Å². The van der Waals surface area contributed by atoms with E-state index in [1.807, 2.05) is 41.8 Å². The summed E-state index contributed by atoms with van der Waals surface area (Å²) >= 11 is 0. The SMILES string of the molecule is CCC(C)C(C(=O)N1CCN(CC(=O)N(CC)CC)CC1)c1ccccc1. The molecule has 0 bridgehead atoms. The number of hydrogen-bond donors (Lipinski definition) is 0. The fourth-order valence-corrected chi connectivity index (χ4v) is 3.80. The number of likely N-dealkylation sites (N-methyl/N-ethyl adjacent to an activating group) is 1. The number of rotatable bonds is 8. The lowest BCUT2D eigenvalue weighted by Gasteiger charge is -2.38. The lowest BCUT2D eigenvalue weighted by molar-refractivity contribution is -0.137. The molecule has 0 spiro atoms. The predicted molar refractivity (Wildman–Crippen MR) is 110 cm³/mol. The Balaban J connectivity index is 1.97. The molecule has 1 heterocycles. The second-order valence-electron chi connectivity index (χ2n) is 7.44. The van der Waals surface area contributed by atoms with Crippen molar-refractivity contribution in [2.75, 3.05) is 45.8 Å². The third kappa shape index (κ3) is 5.55. The summed E-state index contributed by atoms with van der Waals surface area (Å²) in [6, 6.07) is 10.1. The average Bonchev–Trinajstić information content (AvgIpc) is 2.70. The molecule has 1 fully saturated rings. The maximum atomic E-state index is 13.3. The van der Waals surface area contributed by atoms with E-state index in [4.69, 9.17) is 0 Å². The van der Waals surface area contributed by atoms with Gasteiger partial charge in [0.05, 0.1) is 12.5 Å². The molecule has 27 heavy (non-hydrogen) atoms. The Hall–Kier alpha value is -1.88. The highest BCUT2D eigenvalue weighted by molar-refractivity contribution is 5.84. The summed E-state index contributed by atoms with van der Waals surface area (Å²) in [5.41, 5.74) is 1.11. The van der Waals surface area contributed by atoms with Crippen LogP contribution >= 0.6 is 0 Å². The first kappa shape index (κ1) is 21.4. The summed E-state index contributed by atoms with van der Waals surface area (Å²) in [4.78, 5) is 31.6. The zero-order chi connectivity index (χ0) is 19.8. The van der Waals surface area contributed by atoms with Gasteiger partial charge in [0.15, 0.2) is 0 Å². The number of nitrogens with zero attached hydrogens (tertiary/aromatic N) is 3. The van der Waals surface area contributed by atoms with Crippen LogP contribution in [0, 0.1) is 5.92 Å². The first-order valence-corrected chi connectivity index (χ1v) is 10.4. The topological polar surface area (TPSA) is 43.9 Å². The zero-order valence-electron chi connectivity index (χ0n) is 17.4. The van der Waals surface area contributed by atoms with Crippen LogP contribution in [0.4, 0.5) is 0 Å². The first-order valence-electron chi connectivity index (χ1n) is 10.4. The largest absolute Gasteiger partial charge is 0.342 e. The van der Waals surface area contributed by atoms with E-state index >= 15 is 0 Å². The van der Waals surface area contributed by atoms with Gasteiger partial charge in [0.25, 0.3) is 0 Å². The number of carbonyl (C=O) groups excluding carboxylic acids is 2. The molecule has 2 atom stereocenters. The second-order valence-corrected chi connectivity index (χ2v) is 7.44. The third-order valence-corrected chi connectivity index (χ3v) is 5.80. The van der Waals surface area contributed by atoms with Crippen molar-refractivity contribution in [1.29, 1.82) is 0 Å². The van der Waals surface area contributed by atoms with Crippen LogP contribution < -0.4 is 0 Å². The molecule has 5 nitrogen and oxygen atoms in total. The van der Waals surface area contributed by atoms with Gasteiger partial charge in [-0.15, -0.1) is 0 Å². The highest BCUT2D eigenvalue weighted by atomic mass is 16.2. The Morgan fingerprint density at radius 3 is 2.11 bits per heavy atom. The van der Waals surface area contributed by atoms with E-state index in [0.29, 0.717) is 25.6 Å². The smallest absolute Gasteiger partial charge is 0.236 e. The van der Waals surface area contributed by atoms with E-state index in [0.717, 1.165) is 38.2 Å². The van der Waals surface area contributed by atoms with Gasteiger partial charge in [0.1, 0.15) is 0 Å². The van der Waals surface area contributed by atoms with Gasteiger partial charge in [0.2, 0.25) is 11.8 Å². The van der Waals surface area contributed by atoms with E-state index in [2.05, 4.69) is 30.9 Å². The van der Waals surface area contributed by atoms with Gasteiger partial charge in [-0.25, -0.2) is 0 Å². The van der Waals surface area contributed by atoms with Gasteiger partial charge in [-0.1, -0.05) is 50.6 Å². The molecule has 150 valence electrons. The number of piperazine rings is 1. The molecule has 2 amide bonds. The minimum absolute atomic E-state index is 0.0833. The molecule has 1 aliphatic rings. The molecule has 2 rings (SSSR count). The Morgan fingerprint density at radius 1 is 1.00 bits per heavy atom. The number of benzene rings is 1. The molecular weight excluding hydrogens is 338 g/mol. The minimum atomic E-state index is -0.0833. The van der Waals surface area contributed by atoms with Crippen molar-refractivity contribution in [2.24, 2.45) is 5.92 Å². The van der Waals surface area contributed by atoms with Crippen LogP contribution in [-0.4, -0.2) is 72.3 Å². The van der Waals surface area contributed by atoms with Gasteiger partial charge in [0, 0.05) is 39.3 Å². The maximum Gasteiger partial charge on any atom is 0.236 e. The van der Waals surface area contributed by atoms with E-state index in [1.165, 1.54) is 0 Å². The van der Waals surface area contributed by atoms with Gasteiger partial charge in [-0.05, 0) is 25.3 Å². The number of carbonyl (C=O) groups is 2. The molecule has 0 aliphatic carbocycles. The lowest BCUT2D eigenvalue weighted by Crippen LogP contribution is -2.52. The van der Waals surface area contributed by atoms with E-state index in [1.54, 1.807) is 0 Å². The zero-order valence-corrected chi connectivity index (χ0v) is 17.4. The van der Waals surface area contributed by atoms with Crippen molar-refractivity contribution < 1.29 is 9.59 Å². The van der Waals surface area contributed by atoms with Crippen molar-refractivity contribution in [3.63, 3.8) is 0 Å². The molecule has 0 N–H and O–H groups in total. The Bertz CT molecular complexity index is 593. The molecule has 5 heteroatoms. The quantitative estimate of drug-likeness (QED) is 0.704. The third-order valence-electron chi connectivity index (χ3n) is 5.80. The summed E-state index contributed by atoms with van der Waals surface area (Å²) in [7, 11) is 0. The molecule has 0 saturated carbocycles. The van der Waals surface area contributed by atoms with Crippen molar-refractivity contribution in [2.45, 2.75) is 40.0 Å². The van der Waals surface area contributed by atoms with Crippen LogP contribution in [0.5, 0.6) is 0 Å². The van der Waals surface area contributed by atoms with E-state index in [9.17, 15) is 9.59 Å². The first-order chi connectivity index (χ1) is 13.0. The fraction of sp³-hybridized carbons (Fsp3) is 0.636. The number of amides is 2. The predicted octanol–water partition coefficient (Wildman–Crippen LogP) is 2.83. The van der Waals surface area contributed by atoms with Crippen LogP contribution in [0.25, 0.3) is 0 Å². The minimum Gasteiger partial charge on any atom is -0.342 e. The van der Waals surface area contributed by atoms with Crippen LogP contribution in [0.3, 0.4) is 0 Å². The summed E-state index contributed by atoms with van der Waals surface area (Å²) in [5, 5.41) is 0. The summed E-state index contributed by atoms with van der Waals surface area (Å²) in [5.74, 6) is 0.633. The Labute approximate surface area is 164 Å². The normalized spacial score (nSPS) is 17.4. The summed E-state index contributed by atoms with van der Waals surface area (Å²) < 4.78 is 0. The highest BCUT2D eigenvalue weighted by Crippen LogP contribution is 2.29. The average molecular weight is 374 g/mol. The molecule has 2 unspecified atom stereocenters. The van der Waals surface area contributed by atoms with Crippen LogP contribution in [0.2, 0.25) is 0 Å². The molecule has 1 aromatic rings. The van der Waals surface area contributed by atoms with Crippen LogP contribution in [0.1, 0.15) is 45.6 Å². The number of hydrogen-bond acceptors (Lipinski definition) is 3. The van der Waals surface area contributed by atoms with Gasteiger partial charge < -0.3 is 9.80 Å². The van der Waals surface area contributed by atoms with Gasteiger partial charge in [-0.3, -0.25) is 14.5 Å². The molecular formula is C22H35N3O2. The Morgan fingerprint density at radius 2 is 1.59 bits per heavy atom. The molecule has 1 aromatic carbocycles. The van der Waals surface area contributed by atoms with Gasteiger partial charge >= 0.3 is 0 Å². The molecule has 1 saturated heterocycles. The van der Waals surface area contributed by atoms with Gasteiger partial charge in [-0.2, -0.15) is 0 Å². The maximum absolute atomic E-state index is 13.3. The fourth-order valence-electron chi connectivity index (χ4n) is 3.80. The Kier molecular flexibility index (Phi) is 8.29. The van der Waals surface area contributed by atoms with Crippen LogP contribution in [0.15, 0.2) is 30.3 Å². The summed E-state index contributed by atoms with van der Waals surface area (Å²) in [6.07, 6.45) is 0.976. The second kappa shape index (κ2) is 10.5. The lowest BCUT2D eigenvalue weighted by atomic mass is 9.84. The highest BCUT2D eigenvalue weighted by Gasteiger charge is 2.32. The molecule has 1 aliphatic heterocycles. The monoisotopic (exact) mass is 373 g/mol. The van der Waals surface area contributed by atoms with Crippen molar-refractivity contribution in [1.82, 2.24) is 14.7 Å². The molecule has 0 radical (unpaired) electrons. The van der Waals surface area contributed by atoms with Crippen LogP contribution in [-0.2, 0) is 9.59 Å². The van der Waals surface area contributed by atoms with Crippen molar-refractivity contribution in [3.05, 3.63) is 35.9 Å². The standard InChI is InChI=1S/C22H35N3O2/c1-5-18(4)21(19-11-9-8-10-12-19)22(27)25-15-13-23(14-16-25)17-20(26)24(6-2)7-3/h8-12,18,21H,5-7,13-17H2,1-4H3. The van der Waals surface area contributed by atoms with E-state index < -0.39 is 0 Å². The molecule has 0 aromatic heterocycles.